The smallest absolute Gasteiger partial charge is 0.350 e. The minimum absolute atomic E-state index is 0.140. The molecule has 2 amide bonds. The van der Waals surface area contributed by atoms with Gasteiger partial charge in [-0.15, -0.1) is 11.8 Å². The Morgan fingerprint density at radius 3 is 2.30 bits per heavy atom. The molecule has 3 N–H and O–H groups in total. The van der Waals surface area contributed by atoms with Crippen molar-refractivity contribution >= 4 is 35.5 Å². The lowest BCUT2D eigenvalue weighted by atomic mass is 9.98. The van der Waals surface area contributed by atoms with Gasteiger partial charge in [0.1, 0.15) is 11.6 Å². The minimum Gasteiger partial charge on any atom is -0.478 e. The SMILES string of the molecule is CC(C)C(Oc1ccc(CNC(=O)C2SCCN2C(=O)C[C@H](N)Cc2cc(F)c(F)cc2F)cc1)C(=O)OCOC(=O)C(C)(C)C. The van der Waals surface area contributed by atoms with Crippen molar-refractivity contribution in [3.8, 4) is 5.75 Å². The van der Waals surface area contributed by atoms with Gasteiger partial charge in [-0.1, -0.05) is 26.0 Å². The molecule has 14 heteroatoms. The van der Waals surface area contributed by atoms with Gasteiger partial charge < -0.3 is 30.2 Å². The topological polar surface area (TPSA) is 137 Å². The largest absolute Gasteiger partial charge is 0.478 e. The number of ether oxygens (including phenoxy) is 3. The fourth-order valence-corrected chi connectivity index (χ4v) is 5.53. The van der Waals surface area contributed by atoms with E-state index in [-0.39, 0.29) is 36.8 Å². The van der Waals surface area contributed by atoms with Crippen LogP contribution in [0, 0.1) is 28.8 Å². The van der Waals surface area contributed by atoms with Crippen LogP contribution in [0.25, 0.3) is 0 Å². The highest BCUT2D eigenvalue weighted by Crippen LogP contribution is 2.26. The van der Waals surface area contributed by atoms with Crippen LogP contribution in [0.3, 0.4) is 0 Å². The van der Waals surface area contributed by atoms with Crippen molar-refractivity contribution in [2.75, 3.05) is 19.1 Å². The van der Waals surface area contributed by atoms with Crippen LogP contribution in [-0.2, 0) is 41.6 Å². The first-order valence-electron chi connectivity index (χ1n) is 14.7. The number of hydrogen-bond donors (Lipinski definition) is 2. The quantitative estimate of drug-likeness (QED) is 0.184. The summed E-state index contributed by atoms with van der Waals surface area (Å²) in [5, 5.41) is 2.02. The van der Waals surface area contributed by atoms with E-state index < -0.39 is 65.0 Å². The van der Waals surface area contributed by atoms with Crippen LogP contribution >= 0.6 is 11.8 Å². The highest BCUT2D eigenvalue weighted by molar-refractivity contribution is 8.00. The molecule has 1 aliphatic rings. The molecule has 2 unspecified atom stereocenters. The Labute approximate surface area is 270 Å². The van der Waals surface area contributed by atoms with Crippen molar-refractivity contribution < 1.29 is 46.6 Å². The van der Waals surface area contributed by atoms with E-state index in [1.54, 1.807) is 58.9 Å². The molecule has 3 rings (SSSR count). The molecule has 10 nitrogen and oxygen atoms in total. The molecule has 0 spiro atoms. The van der Waals surface area contributed by atoms with Gasteiger partial charge in [0.25, 0.3) is 5.91 Å². The number of nitrogens with two attached hydrogens (primary N) is 1. The molecule has 1 aliphatic heterocycles. The van der Waals surface area contributed by atoms with E-state index in [2.05, 4.69) is 5.32 Å². The maximum atomic E-state index is 14.0. The van der Waals surface area contributed by atoms with E-state index in [1.165, 1.54) is 16.7 Å². The van der Waals surface area contributed by atoms with Gasteiger partial charge in [0.2, 0.25) is 12.7 Å². The van der Waals surface area contributed by atoms with E-state index in [1.807, 2.05) is 0 Å². The number of benzene rings is 2. The number of nitrogens with zero attached hydrogens (tertiary/aromatic N) is 1. The zero-order valence-corrected chi connectivity index (χ0v) is 27.3. The summed E-state index contributed by atoms with van der Waals surface area (Å²) in [5.41, 5.74) is 5.88. The molecule has 1 heterocycles. The average Bonchev–Trinajstić information content (AvgIpc) is 3.48. The molecule has 0 aliphatic carbocycles. The van der Waals surface area contributed by atoms with Crippen molar-refractivity contribution in [3.05, 3.63) is 65.0 Å². The predicted octanol–water partition coefficient (Wildman–Crippen LogP) is 4.08. The Kier molecular flexibility index (Phi) is 12.9. The summed E-state index contributed by atoms with van der Waals surface area (Å²) in [4.78, 5) is 51.8. The van der Waals surface area contributed by atoms with Crippen LogP contribution in [0.5, 0.6) is 5.75 Å². The standard InChI is InChI=1S/C32H40F3N3O7S/c1-18(2)27(30(41)43-17-44-31(42)32(3,4)5)45-22-8-6-19(7-9-22)16-37-28(40)29-38(10-11-46-29)26(39)14-21(36)12-20-13-24(34)25(35)15-23(20)33/h6-9,13,15,18,21,27,29H,10-12,14,16-17,36H2,1-5H3,(H,37,40)/t21-,27?,29?/m1/s1. The van der Waals surface area contributed by atoms with Gasteiger partial charge in [0, 0.05) is 43.3 Å². The summed E-state index contributed by atoms with van der Waals surface area (Å²) in [7, 11) is 0. The van der Waals surface area contributed by atoms with Gasteiger partial charge >= 0.3 is 11.9 Å². The molecule has 0 bridgehead atoms. The first kappa shape index (κ1) is 36.7. The van der Waals surface area contributed by atoms with Crippen LogP contribution in [0.1, 0.15) is 52.2 Å². The monoisotopic (exact) mass is 667 g/mol. The number of amides is 2. The second-order valence-corrected chi connectivity index (χ2v) is 13.4. The van der Waals surface area contributed by atoms with Crippen LogP contribution in [0.2, 0.25) is 0 Å². The van der Waals surface area contributed by atoms with E-state index in [4.69, 9.17) is 19.9 Å². The molecule has 0 saturated carbocycles. The average molecular weight is 668 g/mol. The Balaban J connectivity index is 1.49. The van der Waals surface area contributed by atoms with E-state index in [0.29, 0.717) is 24.1 Å². The number of carbonyl (C=O) groups excluding carboxylic acids is 4. The number of halogens is 3. The van der Waals surface area contributed by atoms with Crippen LogP contribution in [-0.4, -0.2) is 65.3 Å². The molecule has 0 radical (unpaired) electrons. The van der Waals surface area contributed by atoms with Crippen molar-refractivity contribution in [1.29, 1.82) is 0 Å². The zero-order chi connectivity index (χ0) is 34.2. The van der Waals surface area contributed by atoms with Crippen molar-refractivity contribution in [2.24, 2.45) is 17.1 Å². The lowest BCUT2D eigenvalue weighted by Crippen LogP contribution is -2.46. The third-order valence-electron chi connectivity index (χ3n) is 6.94. The van der Waals surface area contributed by atoms with Crippen molar-refractivity contribution in [2.45, 2.75) is 71.5 Å². The Bertz CT molecular complexity index is 1400. The first-order chi connectivity index (χ1) is 21.6. The number of hydrogen-bond acceptors (Lipinski definition) is 9. The summed E-state index contributed by atoms with van der Waals surface area (Å²) in [6.07, 6.45) is -1.35. The van der Waals surface area contributed by atoms with Gasteiger partial charge in [0.15, 0.2) is 23.1 Å². The number of nitrogens with one attached hydrogen (secondary N) is 1. The van der Waals surface area contributed by atoms with Gasteiger partial charge in [-0.3, -0.25) is 14.4 Å². The molecule has 2 aromatic rings. The van der Waals surface area contributed by atoms with E-state index >= 15 is 0 Å². The first-order valence-corrected chi connectivity index (χ1v) is 15.8. The zero-order valence-electron chi connectivity index (χ0n) is 26.4. The fraction of sp³-hybridized carbons (Fsp3) is 0.500. The number of esters is 2. The third-order valence-corrected chi connectivity index (χ3v) is 8.14. The second-order valence-electron chi connectivity index (χ2n) is 12.2. The van der Waals surface area contributed by atoms with Crippen LogP contribution in [0.15, 0.2) is 36.4 Å². The lowest BCUT2D eigenvalue weighted by molar-refractivity contribution is -0.178. The number of thioether (sulfide) groups is 1. The second kappa shape index (κ2) is 16.2. The van der Waals surface area contributed by atoms with Gasteiger partial charge in [-0.25, -0.2) is 18.0 Å². The normalized spacial score (nSPS) is 16.1. The summed E-state index contributed by atoms with van der Waals surface area (Å²) < 4.78 is 56.7. The Morgan fingerprint density at radius 1 is 1.02 bits per heavy atom. The molecule has 0 aromatic heterocycles. The van der Waals surface area contributed by atoms with E-state index in [9.17, 15) is 32.3 Å². The molecule has 1 saturated heterocycles. The highest BCUT2D eigenvalue weighted by Gasteiger charge is 2.35. The predicted molar refractivity (Wildman–Crippen MR) is 165 cm³/mol. The third kappa shape index (κ3) is 10.4. The minimum atomic E-state index is -1.31. The number of carbonyl (C=O) groups is 4. The van der Waals surface area contributed by atoms with Gasteiger partial charge in [0.05, 0.1) is 5.41 Å². The van der Waals surface area contributed by atoms with Crippen LogP contribution in [0.4, 0.5) is 13.2 Å². The molecule has 2 aromatic carbocycles. The maximum absolute atomic E-state index is 14.0. The highest BCUT2D eigenvalue weighted by atomic mass is 32.2. The molecular formula is C32H40F3N3O7S. The van der Waals surface area contributed by atoms with Gasteiger partial charge in [-0.05, 0) is 56.5 Å². The van der Waals surface area contributed by atoms with Crippen molar-refractivity contribution in [3.63, 3.8) is 0 Å². The van der Waals surface area contributed by atoms with Gasteiger partial charge in [-0.2, -0.15) is 0 Å². The lowest BCUT2D eigenvalue weighted by Gasteiger charge is -2.24. The van der Waals surface area contributed by atoms with E-state index in [0.717, 1.165) is 11.6 Å². The molecular weight excluding hydrogens is 627 g/mol. The molecule has 46 heavy (non-hydrogen) atoms. The summed E-state index contributed by atoms with van der Waals surface area (Å²) in [6, 6.07) is 7.00. The molecule has 3 atom stereocenters. The maximum Gasteiger partial charge on any atom is 0.350 e. The number of rotatable bonds is 13. The fourth-order valence-electron chi connectivity index (χ4n) is 4.36. The van der Waals surface area contributed by atoms with Crippen LogP contribution < -0.4 is 15.8 Å². The van der Waals surface area contributed by atoms with Crippen molar-refractivity contribution in [1.82, 2.24) is 10.2 Å². The Morgan fingerprint density at radius 2 is 1.67 bits per heavy atom. The summed E-state index contributed by atoms with van der Waals surface area (Å²) >= 11 is 1.29. The molecule has 252 valence electrons. The summed E-state index contributed by atoms with van der Waals surface area (Å²) in [5.74, 6) is -4.78. The Hall–Kier alpha value is -3.78. The molecule has 1 fully saturated rings. The summed E-state index contributed by atoms with van der Waals surface area (Å²) in [6.45, 7) is 8.57.